The second-order valence-corrected chi connectivity index (χ2v) is 7.44. The SMILES string of the molecule is Cn1c(-c2ccccc2)cnc1SCC(=O)NC(=O)NC1CCCCC1. The number of urea groups is 1. The van der Waals surface area contributed by atoms with Crippen LogP contribution in [-0.2, 0) is 11.8 Å². The highest BCUT2D eigenvalue weighted by atomic mass is 32.2. The fourth-order valence-electron chi connectivity index (χ4n) is 3.17. The molecule has 6 nitrogen and oxygen atoms in total. The number of hydrogen-bond donors (Lipinski definition) is 2. The van der Waals surface area contributed by atoms with E-state index in [0.29, 0.717) is 0 Å². The second-order valence-electron chi connectivity index (χ2n) is 6.50. The van der Waals surface area contributed by atoms with Crippen LogP contribution in [0.25, 0.3) is 11.3 Å². The fourth-order valence-corrected chi connectivity index (χ4v) is 3.92. The van der Waals surface area contributed by atoms with Crippen LogP contribution >= 0.6 is 11.8 Å². The van der Waals surface area contributed by atoms with Gasteiger partial charge in [-0.1, -0.05) is 61.4 Å². The number of hydrogen-bond acceptors (Lipinski definition) is 4. The summed E-state index contributed by atoms with van der Waals surface area (Å²) in [7, 11) is 1.92. The van der Waals surface area contributed by atoms with Gasteiger partial charge in [0.25, 0.3) is 0 Å². The minimum atomic E-state index is -0.396. The van der Waals surface area contributed by atoms with Crippen LogP contribution in [0.2, 0.25) is 0 Å². The molecule has 2 N–H and O–H groups in total. The Morgan fingerprint density at radius 3 is 2.65 bits per heavy atom. The van der Waals surface area contributed by atoms with E-state index < -0.39 is 6.03 Å². The molecule has 1 aliphatic rings. The largest absolute Gasteiger partial charge is 0.335 e. The number of aromatic nitrogens is 2. The third kappa shape index (κ3) is 4.88. The van der Waals surface area contributed by atoms with Crippen LogP contribution in [0.5, 0.6) is 0 Å². The van der Waals surface area contributed by atoms with Gasteiger partial charge in [-0.2, -0.15) is 0 Å². The molecule has 7 heteroatoms. The standard InChI is InChI=1S/C19H24N4O2S/c1-23-16(14-8-4-2-5-9-14)12-20-19(23)26-13-17(24)22-18(25)21-15-10-6-3-7-11-15/h2,4-5,8-9,12,15H,3,6-7,10-11,13H2,1H3,(H2,21,22,24,25). The van der Waals surface area contributed by atoms with Crippen LogP contribution in [0.1, 0.15) is 32.1 Å². The third-order valence-corrected chi connectivity index (χ3v) is 5.58. The van der Waals surface area contributed by atoms with Gasteiger partial charge in [-0.15, -0.1) is 0 Å². The summed E-state index contributed by atoms with van der Waals surface area (Å²) in [6.45, 7) is 0. The van der Waals surface area contributed by atoms with Crippen molar-refractivity contribution < 1.29 is 9.59 Å². The van der Waals surface area contributed by atoms with E-state index in [0.717, 1.165) is 42.1 Å². The van der Waals surface area contributed by atoms with E-state index in [9.17, 15) is 9.59 Å². The highest BCUT2D eigenvalue weighted by Gasteiger charge is 2.17. The summed E-state index contributed by atoms with van der Waals surface area (Å²) in [6, 6.07) is 9.76. The zero-order valence-corrected chi connectivity index (χ0v) is 15.7. The predicted molar refractivity (Wildman–Crippen MR) is 103 cm³/mol. The van der Waals surface area contributed by atoms with Crippen molar-refractivity contribution in [3.63, 3.8) is 0 Å². The van der Waals surface area contributed by atoms with Gasteiger partial charge in [0.05, 0.1) is 17.6 Å². The number of nitrogens with one attached hydrogen (secondary N) is 2. The van der Waals surface area contributed by atoms with Gasteiger partial charge >= 0.3 is 6.03 Å². The molecule has 0 unspecified atom stereocenters. The number of imidazole rings is 1. The molecule has 0 spiro atoms. The summed E-state index contributed by atoms with van der Waals surface area (Å²) in [5.74, 6) is -0.162. The molecule has 1 fully saturated rings. The predicted octanol–water partition coefficient (Wildman–Crippen LogP) is 3.34. The molecule has 26 heavy (non-hydrogen) atoms. The minimum Gasteiger partial charge on any atom is -0.335 e. The van der Waals surface area contributed by atoms with Gasteiger partial charge < -0.3 is 9.88 Å². The molecule has 3 rings (SSSR count). The molecule has 2 aromatic rings. The first kappa shape index (κ1) is 18.5. The summed E-state index contributed by atoms with van der Waals surface area (Å²) in [5, 5.41) is 6.03. The van der Waals surface area contributed by atoms with Gasteiger partial charge in [0.2, 0.25) is 5.91 Å². The maximum atomic E-state index is 12.0. The van der Waals surface area contributed by atoms with E-state index >= 15 is 0 Å². The Hall–Kier alpha value is -2.28. The number of nitrogens with zero attached hydrogens (tertiary/aromatic N) is 2. The van der Waals surface area contributed by atoms with E-state index in [1.807, 2.05) is 41.9 Å². The summed E-state index contributed by atoms with van der Waals surface area (Å²) in [5.41, 5.74) is 2.06. The number of rotatable bonds is 5. The molecule has 1 heterocycles. The molecular formula is C19H24N4O2S. The van der Waals surface area contributed by atoms with Gasteiger partial charge in [0, 0.05) is 13.1 Å². The van der Waals surface area contributed by atoms with Crippen molar-refractivity contribution in [2.75, 3.05) is 5.75 Å². The molecule has 1 aromatic heterocycles. The molecule has 1 aliphatic carbocycles. The Labute approximate surface area is 157 Å². The number of carbonyl (C=O) groups excluding carboxylic acids is 2. The van der Waals surface area contributed by atoms with Crippen molar-refractivity contribution in [3.8, 4) is 11.3 Å². The first-order valence-corrected chi connectivity index (χ1v) is 9.92. The maximum absolute atomic E-state index is 12.0. The Balaban J connectivity index is 1.48. The highest BCUT2D eigenvalue weighted by molar-refractivity contribution is 7.99. The maximum Gasteiger partial charge on any atom is 0.321 e. The lowest BCUT2D eigenvalue weighted by atomic mass is 9.96. The monoisotopic (exact) mass is 372 g/mol. The van der Waals surface area contributed by atoms with Gasteiger partial charge in [-0.25, -0.2) is 9.78 Å². The average Bonchev–Trinajstić information content (AvgIpc) is 3.02. The van der Waals surface area contributed by atoms with Gasteiger partial charge in [0.15, 0.2) is 5.16 Å². The van der Waals surface area contributed by atoms with Gasteiger partial charge in [-0.3, -0.25) is 10.1 Å². The molecular weight excluding hydrogens is 348 g/mol. The van der Waals surface area contributed by atoms with E-state index in [2.05, 4.69) is 15.6 Å². The Morgan fingerprint density at radius 1 is 1.19 bits per heavy atom. The third-order valence-electron chi connectivity index (χ3n) is 4.54. The quantitative estimate of drug-likeness (QED) is 0.790. The van der Waals surface area contributed by atoms with Crippen molar-refractivity contribution >= 4 is 23.7 Å². The van der Waals surface area contributed by atoms with Crippen LogP contribution < -0.4 is 10.6 Å². The van der Waals surface area contributed by atoms with Crippen LogP contribution in [-0.4, -0.2) is 33.3 Å². The average molecular weight is 372 g/mol. The van der Waals surface area contributed by atoms with E-state index in [1.54, 1.807) is 6.20 Å². The number of amides is 3. The number of thioether (sulfide) groups is 1. The topological polar surface area (TPSA) is 76.0 Å². The molecule has 1 saturated carbocycles. The van der Waals surface area contributed by atoms with E-state index in [-0.39, 0.29) is 17.7 Å². The first-order chi connectivity index (χ1) is 12.6. The van der Waals surface area contributed by atoms with Crippen molar-refractivity contribution in [3.05, 3.63) is 36.5 Å². The number of benzene rings is 1. The van der Waals surface area contributed by atoms with Crippen molar-refractivity contribution in [1.29, 1.82) is 0 Å². The minimum absolute atomic E-state index is 0.150. The van der Waals surface area contributed by atoms with Gasteiger partial charge in [-0.05, 0) is 18.4 Å². The van der Waals surface area contributed by atoms with Crippen LogP contribution in [0, 0.1) is 0 Å². The molecule has 3 amide bonds. The van der Waals surface area contributed by atoms with E-state index in [4.69, 9.17) is 0 Å². The lowest BCUT2D eigenvalue weighted by Crippen LogP contribution is -2.45. The number of carbonyl (C=O) groups is 2. The Morgan fingerprint density at radius 2 is 1.92 bits per heavy atom. The van der Waals surface area contributed by atoms with Crippen molar-refractivity contribution in [2.24, 2.45) is 7.05 Å². The smallest absolute Gasteiger partial charge is 0.321 e. The Bertz CT molecular complexity index is 754. The zero-order valence-electron chi connectivity index (χ0n) is 14.9. The number of imide groups is 1. The molecule has 0 radical (unpaired) electrons. The lowest BCUT2D eigenvalue weighted by Gasteiger charge is -2.22. The summed E-state index contributed by atoms with van der Waals surface area (Å²) >= 11 is 1.32. The van der Waals surface area contributed by atoms with Crippen LogP contribution in [0.15, 0.2) is 41.7 Å². The Kier molecular flexibility index (Phi) is 6.33. The summed E-state index contributed by atoms with van der Waals surface area (Å²) in [6.07, 6.45) is 7.28. The lowest BCUT2D eigenvalue weighted by molar-refractivity contribution is -0.117. The molecule has 138 valence electrons. The molecule has 0 aliphatic heterocycles. The molecule has 0 saturated heterocycles. The summed E-state index contributed by atoms with van der Waals surface area (Å²) in [4.78, 5) is 28.3. The molecule has 0 bridgehead atoms. The second kappa shape index (κ2) is 8.89. The normalized spacial score (nSPS) is 14.8. The zero-order chi connectivity index (χ0) is 18.4. The van der Waals surface area contributed by atoms with Gasteiger partial charge in [0.1, 0.15) is 0 Å². The van der Waals surface area contributed by atoms with Crippen LogP contribution in [0.3, 0.4) is 0 Å². The van der Waals surface area contributed by atoms with Crippen molar-refractivity contribution in [1.82, 2.24) is 20.2 Å². The first-order valence-electron chi connectivity index (χ1n) is 8.94. The summed E-state index contributed by atoms with van der Waals surface area (Å²) < 4.78 is 1.95. The highest BCUT2D eigenvalue weighted by Crippen LogP contribution is 2.24. The van der Waals surface area contributed by atoms with Crippen molar-refractivity contribution in [2.45, 2.75) is 43.3 Å². The fraction of sp³-hybridized carbons (Fsp3) is 0.421. The van der Waals surface area contributed by atoms with E-state index in [1.165, 1.54) is 18.2 Å². The molecule has 0 atom stereocenters. The van der Waals surface area contributed by atoms with Crippen LogP contribution in [0.4, 0.5) is 4.79 Å². The molecule has 1 aromatic carbocycles.